The Bertz CT molecular complexity index is 1650. The second-order valence-electron chi connectivity index (χ2n) is 8.62. The van der Waals surface area contributed by atoms with Crippen molar-refractivity contribution in [1.82, 2.24) is 4.98 Å². The molecule has 0 bridgehead atoms. The summed E-state index contributed by atoms with van der Waals surface area (Å²) < 4.78 is 12.4. The number of phenolic OH excluding ortho intramolecular Hbond substituents is 1. The van der Waals surface area contributed by atoms with Crippen LogP contribution in [0.1, 0.15) is 28.8 Å². The van der Waals surface area contributed by atoms with E-state index in [1.54, 1.807) is 18.2 Å². The van der Waals surface area contributed by atoms with Gasteiger partial charge in [-0.05, 0) is 28.8 Å². The molecule has 2 atom stereocenters. The van der Waals surface area contributed by atoms with Crippen LogP contribution in [0.5, 0.6) is 17.4 Å². The Kier molecular flexibility index (Phi) is 5.58. The number of hydrogen-bond donors (Lipinski definition) is 1. The van der Waals surface area contributed by atoms with E-state index in [-0.39, 0.29) is 39.0 Å². The summed E-state index contributed by atoms with van der Waals surface area (Å²) in [5.41, 5.74) is 5.90. The van der Waals surface area contributed by atoms with Gasteiger partial charge in [-0.2, -0.15) is 0 Å². The van der Waals surface area contributed by atoms with Crippen molar-refractivity contribution >= 4 is 16.8 Å². The van der Waals surface area contributed by atoms with E-state index < -0.39 is 0 Å². The molecule has 0 fully saturated rings. The molecule has 1 aliphatic heterocycles. The van der Waals surface area contributed by atoms with Crippen LogP contribution >= 0.6 is 0 Å². The summed E-state index contributed by atoms with van der Waals surface area (Å²) in [7, 11) is 0. The van der Waals surface area contributed by atoms with Gasteiger partial charge in [0.05, 0.1) is 0 Å². The van der Waals surface area contributed by atoms with Crippen LogP contribution in [0.3, 0.4) is 0 Å². The maximum atomic E-state index is 10.1. The topological polar surface area (TPSA) is 63.9 Å². The van der Waals surface area contributed by atoms with Gasteiger partial charge in [-0.15, -0.1) is 18.2 Å². The number of fused-ring (bicyclic) bond motifs is 7. The first-order chi connectivity index (χ1) is 17.2. The van der Waals surface area contributed by atoms with E-state index in [1.165, 1.54) is 16.7 Å². The van der Waals surface area contributed by atoms with Gasteiger partial charge in [0.2, 0.25) is 5.88 Å². The first kappa shape index (κ1) is 22.5. The molecule has 0 spiro atoms. The van der Waals surface area contributed by atoms with Crippen LogP contribution in [-0.2, 0) is 25.8 Å². The van der Waals surface area contributed by atoms with Crippen LogP contribution in [-0.4, -0.2) is 16.0 Å². The number of ether oxygens (including phenoxy) is 2. The standard InChI is InChI=1S/C30H19N2O3.Pt/c33-25-14-6-7-18-15-16-26(31-27(18)25)34-20-9-5-8-19(17-20)30-32-28-23-12-3-1-10-21(23)22-11-2-4-13-24(22)29(28)35-30;/h1-16,28-29,33H;/q-1;/t28-,29-;/m0./s1. The molecule has 0 unspecified atom stereocenters. The van der Waals surface area contributed by atoms with Crippen LogP contribution in [0, 0.1) is 6.07 Å². The number of phenols is 1. The Balaban J connectivity index is 0.00000240. The van der Waals surface area contributed by atoms with Crippen molar-refractivity contribution in [3.05, 3.63) is 120 Å². The van der Waals surface area contributed by atoms with Gasteiger partial charge < -0.3 is 14.6 Å². The van der Waals surface area contributed by atoms with Crippen LogP contribution < -0.4 is 4.74 Å². The van der Waals surface area contributed by atoms with Crippen LogP contribution in [0.2, 0.25) is 0 Å². The molecule has 36 heavy (non-hydrogen) atoms. The second-order valence-corrected chi connectivity index (χ2v) is 8.62. The van der Waals surface area contributed by atoms with E-state index in [0.717, 1.165) is 16.5 Å². The predicted octanol–water partition coefficient (Wildman–Crippen LogP) is 6.77. The summed E-state index contributed by atoms with van der Waals surface area (Å²) in [6.07, 6.45) is -0.181. The number of rotatable bonds is 3. The Morgan fingerprint density at radius 2 is 1.53 bits per heavy atom. The number of aliphatic imine (C=N–C) groups is 1. The van der Waals surface area contributed by atoms with Gasteiger partial charge in [-0.3, -0.25) is 4.99 Å². The smallest absolute Gasteiger partial charge is 0.217 e. The fraction of sp³-hybridized carbons (Fsp3) is 0.0667. The van der Waals surface area contributed by atoms with Gasteiger partial charge in [0, 0.05) is 43.8 Å². The molecule has 1 aliphatic carbocycles. The molecular weight excluding hydrogens is 631 g/mol. The minimum atomic E-state index is -0.181. The van der Waals surface area contributed by atoms with Crippen molar-refractivity contribution in [2.45, 2.75) is 12.1 Å². The first-order valence-electron chi connectivity index (χ1n) is 11.5. The van der Waals surface area contributed by atoms with E-state index in [2.05, 4.69) is 47.4 Å². The van der Waals surface area contributed by atoms with Crippen molar-refractivity contribution < 1.29 is 35.6 Å². The van der Waals surface area contributed by atoms with Gasteiger partial charge in [0.1, 0.15) is 29.3 Å². The predicted molar refractivity (Wildman–Crippen MR) is 134 cm³/mol. The molecule has 0 radical (unpaired) electrons. The molecule has 7 rings (SSSR count). The van der Waals surface area contributed by atoms with Crippen LogP contribution in [0.4, 0.5) is 0 Å². The molecule has 1 aromatic heterocycles. The maximum Gasteiger partial charge on any atom is 0.217 e. The molecule has 5 nitrogen and oxygen atoms in total. The van der Waals surface area contributed by atoms with E-state index >= 15 is 0 Å². The average molecular weight is 651 g/mol. The van der Waals surface area contributed by atoms with E-state index in [9.17, 15) is 5.11 Å². The first-order valence-corrected chi connectivity index (χ1v) is 11.5. The molecule has 2 aliphatic rings. The largest absolute Gasteiger partial charge is 0.510 e. The Morgan fingerprint density at radius 1 is 0.778 bits per heavy atom. The molecule has 0 saturated heterocycles. The summed E-state index contributed by atoms with van der Waals surface area (Å²) in [5.74, 6) is 1.52. The quantitative estimate of drug-likeness (QED) is 0.219. The maximum absolute atomic E-state index is 10.1. The molecule has 1 N–H and O–H groups in total. The number of para-hydroxylation sites is 1. The van der Waals surface area contributed by atoms with Crippen molar-refractivity contribution in [2.75, 3.05) is 0 Å². The van der Waals surface area contributed by atoms with Crippen molar-refractivity contribution in [1.29, 1.82) is 0 Å². The zero-order chi connectivity index (χ0) is 23.4. The summed E-state index contributed by atoms with van der Waals surface area (Å²) in [4.78, 5) is 9.43. The summed E-state index contributed by atoms with van der Waals surface area (Å²) in [6.45, 7) is 0. The van der Waals surface area contributed by atoms with Crippen LogP contribution in [0.25, 0.3) is 22.0 Å². The van der Waals surface area contributed by atoms with Crippen LogP contribution in [0.15, 0.2) is 102 Å². The van der Waals surface area contributed by atoms with E-state index in [1.807, 2.05) is 42.5 Å². The van der Waals surface area contributed by atoms with Gasteiger partial charge in [0.25, 0.3) is 0 Å². The van der Waals surface area contributed by atoms with E-state index in [4.69, 9.17) is 14.5 Å². The SMILES string of the molecule is Oc1cccc2ccc(Oc3[c-]c(C4=N[C@H]5c6ccccc6-c6ccccc6[C@@H]5O4)ccc3)nc12.[Pt]. The second kappa shape index (κ2) is 8.92. The molecule has 0 amide bonds. The Labute approximate surface area is 222 Å². The number of pyridine rings is 1. The number of aromatic hydroxyl groups is 1. The molecule has 6 heteroatoms. The minimum absolute atomic E-state index is 0. The molecule has 2 heterocycles. The van der Waals surface area contributed by atoms with Gasteiger partial charge in [-0.1, -0.05) is 72.3 Å². The molecule has 178 valence electrons. The zero-order valence-electron chi connectivity index (χ0n) is 18.9. The van der Waals surface area contributed by atoms with Crippen molar-refractivity contribution in [3.63, 3.8) is 0 Å². The number of hydrogen-bond acceptors (Lipinski definition) is 5. The van der Waals surface area contributed by atoms with Crippen molar-refractivity contribution in [2.24, 2.45) is 4.99 Å². The third-order valence-electron chi connectivity index (χ3n) is 6.51. The summed E-state index contributed by atoms with van der Waals surface area (Å²) >= 11 is 0. The summed E-state index contributed by atoms with van der Waals surface area (Å²) in [5, 5.41) is 11.0. The zero-order valence-corrected chi connectivity index (χ0v) is 21.1. The molecule has 5 aromatic rings. The molecule has 0 saturated carbocycles. The number of benzene rings is 4. The molecule has 4 aromatic carbocycles. The summed E-state index contributed by atoms with van der Waals surface area (Å²) in [6, 6.07) is 34.4. The third kappa shape index (κ3) is 3.68. The monoisotopic (exact) mass is 650 g/mol. The Morgan fingerprint density at radius 3 is 2.39 bits per heavy atom. The fourth-order valence-corrected chi connectivity index (χ4v) is 4.91. The van der Waals surface area contributed by atoms with Gasteiger partial charge in [0.15, 0.2) is 0 Å². The van der Waals surface area contributed by atoms with Crippen molar-refractivity contribution in [3.8, 4) is 28.5 Å². The van der Waals surface area contributed by atoms with Gasteiger partial charge in [-0.25, -0.2) is 4.98 Å². The Hall–Kier alpha value is -3.95. The average Bonchev–Trinajstić information content (AvgIpc) is 3.36. The van der Waals surface area contributed by atoms with E-state index in [0.29, 0.717) is 23.0 Å². The number of nitrogens with zero attached hydrogens (tertiary/aromatic N) is 2. The van der Waals surface area contributed by atoms with Gasteiger partial charge >= 0.3 is 0 Å². The minimum Gasteiger partial charge on any atom is -0.510 e. The third-order valence-corrected chi connectivity index (χ3v) is 6.51. The molecular formula is C30H19N2O3Pt-. The number of aromatic nitrogens is 1. The fourth-order valence-electron chi connectivity index (χ4n) is 4.91. The normalized spacial score (nSPS) is 17.2.